The van der Waals surface area contributed by atoms with Crippen LogP contribution in [0, 0.1) is 11.7 Å². The fraction of sp³-hybridized carbons (Fsp3) is 0.360. The number of carbonyl (C=O) groups is 2. The van der Waals surface area contributed by atoms with Crippen molar-refractivity contribution < 1.29 is 14.0 Å². The first-order valence-electron chi connectivity index (χ1n) is 10.6. The van der Waals surface area contributed by atoms with Crippen molar-refractivity contribution in [3.63, 3.8) is 0 Å². The molecule has 1 heterocycles. The summed E-state index contributed by atoms with van der Waals surface area (Å²) >= 11 is 0. The van der Waals surface area contributed by atoms with Gasteiger partial charge in [-0.3, -0.25) is 9.59 Å². The van der Waals surface area contributed by atoms with Gasteiger partial charge in [-0.05, 0) is 55.0 Å². The highest BCUT2D eigenvalue weighted by molar-refractivity contribution is 5.92. The molecule has 2 aromatic rings. The van der Waals surface area contributed by atoms with Crippen LogP contribution in [0.4, 0.5) is 4.39 Å². The molecule has 1 aliphatic heterocycles. The molecule has 2 aromatic carbocycles. The van der Waals surface area contributed by atoms with Crippen LogP contribution in [-0.4, -0.2) is 36.3 Å². The predicted molar refractivity (Wildman–Crippen MR) is 115 cm³/mol. The van der Waals surface area contributed by atoms with E-state index in [1.165, 1.54) is 12.1 Å². The van der Waals surface area contributed by atoms with E-state index in [1.54, 1.807) is 6.08 Å². The topological polar surface area (TPSA) is 49.4 Å². The van der Waals surface area contributed by atoms with Crippen LogP contribution in [0.2, 0.25) is 0 Å². The van der Waals surface area contributed by atoms with Crippen molar-refractivity contribution in [3.8, 4) is 0 Å². The minimum absolute atomic E-state index is 0.00838. The van der Waals surface area contributed by atoms with Crippen LogP contribution < -0.4 is 5.32 Å². The van der Waals surface area contributed by atoms with E-state index in [2.05, 4.69) is 5.32 Å². The van der Waals surface area contributed by atoms with E-state index in [-0.39, 0.29) is 29.0 Å². The Kier molecular flexibility index (Phi) is 5.98. The molecule has 0 spiro atoms. The van der Waals surface area contributed by atoms with Crippen LogP contribution in [0.3, 0.4) is 0 Å². The van der Waals surface area contributed by atoms with Gasteiger partial charge < -0.3 is 10.2 Å². The highest BCUT2D eigenvalue weighted by atomic mass is 19.1. The summed E-state index contributed by atoms with van der Waals surface area (Å²) in [4.78, 5) is 26.9. The molecule has 4 nitrogen and oxygen atoms in total. The number of amides is 2. The zero-order chi connectivity index (χ0) is 21.0. The number of hydrogen-bond donors (Lipinski definition) is 1. The van der Waals surface area contributed by atoms with Crippen molar-refractivity contribution >= 4 is 17.9 Å². The van der Waals surface area contributed by atoms with Gasteiger partial charge in [0, 0.05) is 37.0 Å². The molecule has 2 amide bonds. The van der Waals surface area contributed by atoms with E-state index < -0.39 is 0 Å². The molecule has 1 aliphatic carbocycles. The van der Waals surface area contributed by atoms with Crippen LogP contribution in [0.1, 0.15) is 36.8 Å². The number of nitrogens with one attached hydrogen (secondary N) is 1. The average molecular weight is 407 g/mol. The fourth-order valence-electron chi connectivity index (χ4n) is 4.12. The Morgan fingerprint density at radius 2 is 1.70 bits per heavy atom. The van der Waals surface area contributed by atoms with Crippen LogP contribution in [0.15, 0.2) is 60.7 Å². The highest BCUT2D eigenvalue weighted by Gasteiger charge is 2.44. The third-order valence-electron chi connectivity index (χ3n) is 6.31. The molecule has 0 atom stereocenters. The molecule has 0 bridgehead atoms. The lowest BCUT2D eigenvalue weighted by Gasteiger charge is -2.31. The molecule has 0 radical (unpaired) electrons. The van der Waals surface area contributed by atoms with Gasteiger partial charge in [0.1, 0.15) is 5.82 Å². The number of hydrogen-bond acceptors (Lipinski definition) is 2. The van der Waals surface area contributed by atoms with E-state index >= 15 is 0 Å². The smallest absolute Gasteiger partial charge is 0.246 e. The quantitative estimate of drug-likeness (QED) is 0.739. The van der Waals surface area contributed by atoms with E-state index in [1.807, 2.05) is 53.4 Å². The largest absolute Gasteiger partial charge is 0.355 e. The molecule has 0 aromatic heterocycles. The minimum atomic E-state index is -0.237. The third-order valence-corrected chi connectivity index (χ3v) is 6.31. The zero-order valence-corrected chi connectivity index (χ0v) is 17.0. The van der Waals surface area contributed by atoms with E-state index in [4.69, 9.17) is 0 Å². The van der Waals surface area contributed by atoms with Gasteiger partial charge in [-0.1, -0.05) is 42.5 Å². The number of nitrogens with zero attached hydrogens (tertiary/aromatic N) is 1. The molecule has 1 saturated heterocycles. The van der Waals surface area contributed by atoms with Gasteiger partial charge in [-0.25, -0.2) is 4.39 Å². The summed E-state index contributed by atoms with van der Waals surface area (Å²) in [5.41, 5.74) is 2.05. The van der Waals surface area contributed by atoms with Crippen molar-refractivity contribution in [2.45, 2.75) is 31.1 Å². The number of piperidine rings is 1. The number of benzene rings is 2. The Morgan fingerprint density at radius 3 is 2.33 bits per heavy atom. The lowest BCUT2D eigenvalue weighted by Crippen LogP contribution is -2.43. The first-order valence-corrected chi connectivity index (χ1v) is 10.6. The molecular weight excluding hydrogens is 379 g/mol. The third kappa shape index (κ3) is 4.78. The van der Waals surface area contributed by atoms with Crippen molar-refractivity contribution in [2.24, 2.45) is 5.92 Å². The number of carbonyl (C=O) groups excluding carboxylic acids is 2. The van der Waals surface area contributed by atoms with E-state index in [9.17, 15) is 14.0 Å². The van der Waals surface area contributed by atoms with Gasteiger partial charge in [0.2, 0.25) is 11.8 Å². The Morgan fingerprint density at radius 1 is 1.03 bits per heavy atom. The van der Waals surface area contributed by atoms with Crippen LogP contribution in [-0.2, 0) is 15.0 Å². The SMILES string of the molecule is O=C(NCC1(c2ccc(F)cc2)CC1)C1CCN(C(=O)/C=C\c2ccccc2)CC1. The van der Waals surface area contributed by atoms with Gasteiger partial charge in [-0.15, -0.1) is 0 Å². The van der Waals surface area contributed by atoms with Crippen molar-refractivity contribution in [3.05, 3.63) is 77.6 Å². The minimum Gasteiger partial charge on any atom is -0.355 e. The highest BCUT2D eigenvalue weighted by Crippen LogP contribution is 2.47. The summed E-state index contributed by atoms with van der Waals surface area (Å²) in [6, 6.07) is 16.3. The van der Waals surface area contributed by atoms with Gasteiger partial charge in [0.15, 0.2) is 0 Å². The number of likely N-dealkylation sites (tertiary alicyclic amines) is 1. The first-order chi connectivity index (χ1) is 14.6. The van der Waals surface area contributed by atoms with Gasteiger partial charge in [-0.2, -0.15) is 0 Å². The Labute approximate surface area is 176 Å². The molecule has 156 valence electrons. The first kappa shape index (κ1) is 20.3. The maximum atomic E-state index is 13.2. The second-order valence-electron chi connectivity index (χ2n) is 8.35. The normalized spacial score (nSPS) is 18.4. The maximum absolute atomic E-state index is 13.2. The summed E-state index contributed by atoms with van der Waals surface area (Å²) in [5, 5.41) is 3.11. The summed E-state index contributed by atoms with van der Waals surface area (Å²) in [7, 11) is 0. The van der Waals surface area contributed by atoms with E-state index in [0.717, 1.165) is 24.0 Å². The molecular formula is C25H27FN2O2. The molecule has 30 heavy (non-hydrogen) atoms. The van der Waals surface area contributed by atoms with Gasteiger partial charge >= 0.3 is 0 Å². The lowest BCUT2D eigenvalue weighted by atomic mass is 9.93. The van der Waals surface area contributed by atoms with Gasteiger partial charge in [0.05, 0.1) is 0 Å². The molecule has 4 rings (SSSR count). The maximum Gasteiger partial charge on any atom is 0.246 e. The molecule has 2 fully saturated rings. The molecule has 5 heteroatoms. The Bertz CT molecular complexity index is 912. The Hall–Kier alpha value is -2.95. The molecule has 0 unspecified atom stereocenters. The summed E-state index contributed by atoms with van der Waals surface area (Å²) in [6.45, 7) is 1.79. The number of rotatable bonds is 6. The molecule has 2 aliphatic rings. The van der Waals surface area contributed by atoms with Crippen molar-refractivity contribution in [1.29, 1.82) is 0 Å². The molecule has 1 N–H and O–H groups in total. The second kappa shape index (κ2) is 8.82. The van der Waals surface area contributed by atoms with Crippen molar-refractivity contribution in [1.82, 2.24) is 10.2 Å². The zero-order valence-electron chi connectivity index (χ0n) is 17.0. The summed E-state index contributed by atoms with van der Waals surface area (Å²) in [6.07, 6.45) is 6.82. The van der Waals surface area contributed by atoms with Crippen molar-refractivity contribution in [2.75, 3.05) is 19.6 Å². The van der Waals surface area contributed by atoms with Gasteiger partial charge in [0.25, 0.3) is 0 Å². The molecule has 1 saturated carbocycles. The van der Waals surface area contributed by atoms with Crippen LogP contribution >= 0.6 is 0 Å². The summed E-state index contributed by atoms with van der Waals surface area (Å²) in [5.74, 6) is -0.240. The predicted octanol–water partition coefficient (Wildman–Crippen LogP) is 3.93. The van der Waals surface area contributed by atoms with E-state index in [0.29, 0.717) is 32.5 Å². The summed E-state index contributed by atoms with van der Waals surface area (Å²) < 4.78 is 13.2. The monoisotopic (exact) mass is 406 g/mol. The lowest BCUT2D eigenvalue weighted by molar-refractivity contribution is -0.132. The standard InChI is InChI=1S/C25H27FN2O2/c26-22-9-7-21(8-10-22)25(14-15-25)18-27-24(30)20-12-16-28(17-13-20)23(29)11-6-19-4-2-1-3-5-19/h1-11,20H,12-18H2,(H,27,30)/b11-6-. The second-order valence-corrected chi connectivity index (χ2v) is 8.35. The van der Waals surface area contributed by atoms with Crippen LogP contribution in [0.25, 0.3) is 6.08 Å². The number of halogens is 1. The fourth-order valence-corrected chi connectivity index (χ4v) is 4.12. The average Bonchev–Trinajstić information content (AvgIpc) is 3.58. The van der Waals surface area contributed by atoms with Crippen LogP contribution in [0.5, 0.6) is 0 Å². The Balaban J connectivity index is 1.24.